The molecule has 0 heterocycles. The standard InChI is InChI=1S/C8H5F4NO3/c1-4-6(13(14)15)2-5(9)3-7(4)16-8(10,11)12/h2-3H,1H3. The number of benzene rings is 1. The fourth-order valence-corrected chi connectivity index (χ4v) is 1.06. The number of rotatable bonds is 2. The molecule has 0 radical (unpaired) electrons. The summed E-state index contributed by atoms with van der Waals surface area (Å²) in [5.41, 5.74) is -1.15. The largest absolute Gasteiger partial charge is 0.573 e. The van der Waals surface area contributed by atoms with Gasteiger partial charge in [-0.3, -0.25) is 10.1 Å². The predicted octanol–water partition coefficient (Wildman–Crippen LogP) is 2.94. The Kier molecular flexibility index (Phi) is 3.02. The van der Waals surface area contributed by atoms with E-state index in [1.165, 1.54) is 0 Å². The van der Waals surface area contributed by atoms with Crippen molar-refractivity contribution in [2.75, 3.05) is 0 Å². The van der Waals surface area contributed by atoms with Crippen molar-refractivity contribution in [1.29, 1.82) is 0 Å². The van der Waals surface area contributed by atoms with Crippen molar-refractivity contribution < 1.29 is 27.2 Å². The van der Waals surface area contributed by atoms with Crippen LogP contribution in [0.25, 0.3) is 0 Å². The molecule has 0 aliphatic rings. The third kappa shape index (κ3) is 2.81. The number of nitro benzene ring substituents is 1. The molecule has 1 aromatic rings. The van der Waals surface area contributed by atoms with Gasteiger partial charge < -0.3 is 4.74 Å². The number of ether oxygens (including phenoxy) is 1. The minimum atomic E-state index is -5.02. The Morgan fingerprint density at radius 2 is 1.94 bits per heavy atom. The summed E-state index contributed by atoms with van der Waals surface area (Å²) in [5.74, 6) is -2.09. The van der Waals surface area contributed by atoms with E-state index in [1.807, 2.05) is 0 Å². The molecule has 0 aliphatic heterocycles. The van der Waals surface area contributed by atoms with Crippen LogP contribution in [0, 0.1) is 22.9 Å². The minimum Gasteiger partial charge on any atom is -0.405 e. The van der Waals surface area contributed by atoms with E-state index in [2.05, 4.69) is 4.74 Å². The first-order valence-corrected chi connectivity index (χ1v) is 3.91. The summed E-state index contributed by atoms with van der Waals surface area (Å²) in [6.45, 7) is 1.04. The molecular weight excluding hydrogens is 234 g/mol. The summed E-state index contributed by atoms with van der Waals surface area (Å²) in [5, 5.41) is 10.4. The van der Waals surface area contributed by atoms with Gasteiger partial charge in [-0.1, -0.05) is 0 Å². The predicted molar refractivity (Wildman–Crippen MR) is 44.5 cm³/mol. The van der Waals surface area contributed by atoms with Crippen LogP contribution in [0.5, 0.6) is 5.75 Å². The third-order valence-corrected chi connectivity index (χ3v) is 1.72. The number of halogens is 4. The van der Waals surface area contributed by atoms with Crippen molar-refractivity contribution in [2.24, 2.45) is 0 Å². The van der Waals surface area contributed by atoms with Gasteiger partial charge in [0.25, 0.3) is 5.69 Å². The maximum Gasteiger partial charge on any atom is 0.573 e. The molecule has 0 saturated heterocycles. The fraction of sp³-hybridized carbons (Fsp3) is 0.250. The van der Waals surface area contributed by atoms with E-state index < -0.39 is 28.5 Å². The van der Waals surface area contributed by atoms with Crippen molar-refractivity contribution in [1.82, 2.24) is 0 Å². The molecular formula is C8H5F4NO3. The lowest BCUT2D eigenvalue weighted by Crippen LogP contribution is -2.18. The molecule has 4 nitrogen and oxygen atoms in total. The van der Waals surface area contributed by atoms with Gasteiger partial charge in [0.1, 0.15) is 11.6 Å². The van der Waals surface area contributed by atoms with Gasteiger partial charge >= 0.3 is 6.36 Å². The molecule has 0 bridgehead atoms. The first-order valence-electron chi connectivity index (χ1n) is 3.91. The van der Waals surface area contributed by atoms with Gasteiger partial charge in [0.15, 0.2) is 0 Å². The first kappa shape index (κ1) is 12.2. The van der Waals surface area contributed by atoms with E-state index in [0.29, 0.717) is 12.1 Å². The van der Waals surface area contributed by atoms with Gasteiger partial charge in [0, 0.05) is 6.07 Å². The van der Waals surface area contributed by atoms with Crippen LogP contribution in [0.4, 0.5) is 23.2 Å². The second-order valence-electron chi connectivity index (χ2n) is 2.85. The van der Waals surface area contributed by atoms with Gasteiger partial charge in [-0.25, -0.2) is 4.39 Å². The van der Waals surface area contributed by atoms with Crippen molar-refractivity contribution >= 4 is 5.69 Å². The molecule has 16 heavy (non-hydrogen) atoms. The smallest absolute Gasteiger partial charge is 0.405 e. The molecule has 0 fully saturated rings. The molecule has 1 rings (SSSR count). The zero-order valence-corrected chi connectivity index (χ0v) is 7.84. The molecule has 1 aromatic carbocycles. The van der Waals surface area contributed by atoms with E-state index in [0.717, 1.165) is 6.92 Å². The number of nitrogens with zero attached hydrogens (tertiary/aromatic N) is 1. The lowest BCUT2D eigenvalue weighted by atomic mass is 10.2. The summed E-state index contributed by atoms with van der Waals surface area (Å²) < 4.78 is 51.9. The summed E-state index contributed by atoms with van der Waals surface area (Å²) in [4.78, 5) is 9.41. The Morgan fingerprint density at radius 1 is 1.38 bits per heavy atom. The lowest BCUT2D eigenvalue weighted by Gasteiger charge is -2.11. The topological polar surface area (TPSA) is 52.4 Å². The Morgan fingerprint density at radius 3 is 2.38 bits per heavy atom. The maximum absolute atomic E-state index is 12.8. The highest BCUT2D eigenvalue weighted by Gasteiger charge is 2.33. The minimum absolute atomic E-state index is 0.385. The molecule has 88 valence electrons. The average molecular weight is 239 g/mol. The quantitative estimate of drug-likeness (QED) is 0.453. The van der Waals surface area contributed by atoms with Gasteiger partial charge in [-0.15, -0.1) is 13.2 Å². The Bertz CT molecular complexity index is 430. The number of hydrogen-bond donors (Lipinski definition) is 0. The second kappa shape index (κ2) is 3.95. The summed E-state index contributed by atoms with van der Waals surface area (Å²) in [6.07, 6.45) is -5.02. The van der Waals surface area contributed by atoms with Crippen LogP contribution in [-0.2, 0) is 0 Å². The van der Waals surface area contributed by atoms with Gasteiger partial charge in [0.05, 0.1) is 16.6 Å². The van der Waals surface area contributed by atoms with Crippen LogP contribution in [0.3, 0.4) is 0 Å². The lowest BCUT2D eigenvalue weighted by molar-refractivity contribution is -0.385. The molecule has 0 spiro atoms. The normalized spacial score (nSPS) is 11.3. The van der Waals surface area contributed by atoms with Crippen LogP contribution in [0.2, 0.25) is 0 Å². The van der Waals surface area contributed by atoms with Gasteiger partial charge in [0.2, 0.25) is 0 Å². The molecule has 0 N–H and O–H groups in total. The van der Waals surface area contributed by atoms with Crippen molar-refractivity contribution in [3.05, 3.63) is 33.6 Å². The highest BCUT2D eigenvalue weighted by Crippen LogP contribution is 2.32. The third-order valence-electron chi connectivity index (χ3n) is 1.72. The van der Waals surface area contributed by atoms with Crippen LogP contribution >= 0.6 is 0 Å². The highest BCUT2D eigenvalue weighted by atomic mass is 19.4. The monoisotopic (exact) mass is 239 g/mol. The number of alkyl halides is 3. The van der Waals surface area contributed by atoms with Crippen LogP contribution < -0.4 is 4.74 Å². The fourth-order valence-electron chi connectivity index (χ4n) is 1.06. The molecule has 8 heteroatoms. The Balaban J connectivity index is 3.25. The Hall–Kier alpha value is -1.86. The van der Waals surface area contributed by atoms with E-state index in [1.54, 1.807) is 0 Å². The van der Waals surface area contributed by atoms with E-state index in [-0.39, 0.29) is 5.56 Å². The van der Waals surface area contributed by atoms with Crippen LogP contribution in [0.1, 0.15) is 5.56 Å². The van der Waals surface area contributed by atoms with Crippen molar-refractivity contribution in [3.63, 3.8) is 0 Å². The Labute approximate surface area is 86.6 Å². The van der Waals surface area contributed by atoms with Gasteiger partial charge in [-0.05, 0) is 6.92 Å². The van der Waals surface area contributed by atoms with Crippen molar-refractivity contribution in [3.8, 4) is 5.75 Å². The zero-order valence-electron chi connectivity index (χ0n) is 7.84. The number of nitro groups is 1. The second-order valence-corrected chi connectivity index (χ2v) is 2.85. The summed E-state index contributed by atoms with van der Waals surface area (Å²) in [7, 11) is 0. The van der Waals surface area contributed by atoms with E-state index in [9.17, 15) is 27.7 Å². The van der Waals surface area contributed by atoms with E-state index in [4.69, 9.17) is 0 Å². The van der Waals surface area contributed by atoms with Crippen LogP contribution in [-0.4, -0.2) is 11.3 Å². The molecule has 0 amide bonds. The molecule has 0 saturated carbocycles. The SMILES string of the molecule is Cc1c(OC(F)(F)F)cc(F)cc1[N+](=O)[O-]. The van der Waals surface area contributed by atoms with E-state index >= 15 is 0 Å². The molecule has 0 atom stereocenters. The average Bonchev–Trinajstić information content (AvgIpc) is 2.07. The van der Waals surface area contributed by atoms with Crippen molar-refractivity contribution in [2.45, 2.75) is 13.3 Å². The van der Waals surface area contributed by atoms with Gasteiger partial charge in [-0.2, -0.15) is 0 Å². The summed E-state index contributed by atoms with van der Waals surface area (Å²) in [6, 6.07) is 0.967. The summed E-state index contributed by atoms with van der Waals surface area (Å²) >= 11 is 0. The molecule has 0 aliphatic carbocycles. The highest BCUT2D eigenvalue weighted by molar-refractivity contribution is 5.48. The first-order chi connectivity index (χ1) is 7.20. The number of hydrogen-bond acceptors (Lipinski definition) is 3. The van der Waals surface area contributed by atoms with Crippen LogP contribution in [0.15, 0.2) is 12.1 Å². The maximum atomic E-state index is 12.8. The molecule has 0 unspecified atom stereocenters. The molecule has 0 aromatic heterocycles. The zero-order chi connectivity index (χ0) is 12.5.